The molecular weight excluding hydrogens is 316 g/mol. The molecule has 0 saturated carbocycles. The monoisotopic (exact) mass is 336 g/mol. The van der Waals surface area contributed by atoms with Gasteiger partial charge in [-0.25, -0.2) is 4.98 Å². The van der Waals surface area contributed by atoms with Crippen molar-refractivity contribution in [1.29, 1.82) is 5.26 Å². The molecule has 0 bridgehead atoms. The van der Waals surface area contributed by atoms with Crippen LogP contribution in [0.3, 0.4) is 0 Å². The molecule has 0 aliphatic carbocycles. The summed E-state index contributed by atoms with van der Waals surface area (Å²) in [4.78, 5) is 24.5. The third kappa shape index (κ3) is 3.86. The molecule has 2 heterocycles. The summed E-state index contributed by atoms with van der Waals surface area (Å²) in [7, 11) is 0. The van der Waals surface area contributed by atoms with Gasteiger partial charge >= 0.3 is 0 Å². The normalized spacial score (nSPS) is 14.1. The molecule has 0 radical (unpaired) electrons. The number of piperazine rings is 1. The molecule has 3 rings (SSSR count). The SMILES string of the molecule is CC(=O)N1CCN(c2cc(C)nc(Nc3ccccc3C#N)n2)CC1. The van der Waals surface area contributed by atoms with E-state index < -0.39 is 0 Å². The van der Waals surface area contributed by atoms with Crippen molar-refractivity contribution in [3.8, 4) is 6.07 Å². The van der Waals surface area contributed by atoms with Crippen molar-refractivity contribution in [2.45, 2.75) is 13.8 Å². The molecule has 1 saturated heterocycles. The predicted molar refractivity (Wildman–Crippen MR) is 95.7 cm³/mol. The van der Waals surface area contributed by atoms with E-state index in [9.17, 15) is 10.1 Å². The maximum Gasteiger partial charge on any atom is 0.229 e. The first-order chi connectivity index (χ1) is 12.1. The Morgan fingerprint density at radius 1 is 1.20 bits per heavy atom. The number of nitriles is 1. The van der Waals surface area contributed by atoms with E-state index in [1.165, 1.54) is 0 Å². The van der Waals surface area contributed by atoms with Gasteiger partial charge in [0.25, 0.3) is 0 Å². The lowest BCUT2D eigenvalue weighted by molar-refractivity contribution is -0.129. The van der Waals surface area contributed by atoms with Crippen molar-refractivity contribution in [2.24, 2.45) is 0 Å². The van der Waals surface area contributed by atoms with E-state index in [2.05, 4.69) is 26.3 Å². The standard InChI is InChI=1S/C18H20N6O/c1-13-11-17(24-9-7-23(8-10-24)14(2)25)22-18(20-13)21-16-6-4-3-5-15(16)12-19/h3-6,11H,7-10H2,1-2H3,(H,20,21,22). The topological polar surface area (TPSA) is 85.2 Å². The Morgan fingerprint density at radius 2 is 1.92 bits per heavy atom. The molecule has 1 aromatic heterocycles. The average Bonchev–Trinajstić information content (AvgIpc) is 2.62. The fourth-order valence-corrected chi connectivity index (χ4v) is 2.83. The summed E-state index contributed by atoms with van der Waals surface area (Å²) in [5, 5.41) is 12.3. The number of aromatic nitrogens is 2. The number of aryl methyl sites for hydroxylation is 1. The van der Waals surface area contributed by atoms with E-state index in [4.69, 9.17) is 0 Å². The number of nitrogens with zero attached hydrogens (tertiary/aromatic N) is 5. The van der Waals surface area contributed by atoms with Crippen molar-refractivity contribution < 1.29 is 4.79 Å². The number of rotatable bonds is 3. The molecule has 2 aromatic rings. The summed E-state index contributed by atoms with van der Waals surface area (Å²) < 4.78 is 0. The summed E-state index contributed by atoms with van der Waals surface area (Å²) in [5.41, 5.74) is 2.07. The zero-order valence-corrected chi connectivity index (χ0v) is 14.4. The third-order valence-electron chi connectivity index (χ3n) is 4.18. The van der Waals surface area contributed by atoms with Crippen LogP contribution in [0.2, 0.25) is 0 Å². The minimum atomic E-state index is 0.106. The summed E-state index contributed by atoms with van der Waals surface area (Å²) in [6, 6.07) is 11.4. The molecule has 1 fully saturated rings. The molecule has 0 spiro atoms. The lowest BCUT2D eigenvalue weighted by atomic mass is 10.2. The summed E-state index contributed by atoms with van der Waals surface area (Å²) >= 11 is 0. The van der Waals surface area contributed by atoms with Crippen LogP contribution in [0, 0.1) is 18.3 Å². The fraction of sp³-hybridized carbons (Fsp3) is 0.333. The van der Waals surface area contributed by atoms with Gasteiger partial charge in [0.2, 0.25) is 11.9 Å². The maximum absolute atomic E-state index is 11.5. The molecule has 7 heteroatoms. The van der Waals surface area contributed by atoms with Crippen LogP contribution in [0.15, 0.2) is 30.3 Å². The Hall–Kier alpha value is -3.14. The van der Waals surface area contributed by atoms with E-state index in [-0.39, 0.29) is 5.91 Å². The van der Waals surface area contributed by atoms with Gasteiger partial charge < -0.3 is 15.1 Å². The molecule has 1 aromatic carbocycles. The van der Waals surface area contributed by atoms with Crippen molar-refractivity contribution >= 4 is 23.4 Å². The first-order valence-corrected chi connectivity index (χ1v) is 8.19. The van der Waals surface area contributed by atoms with Gasteiger partial charge in [-0.1, -0.05) is 12.1 Å². The van der Waals surface area contributed by atoms with Gasteiger partial charge in [0.05, 0.1) is 11.3 Å². The zero-order chi connectivity index (χ0) is 17.8. The molecule has 1 N–H and O–H groups in total. The number of amides is 1. The van der Waals surface area contributed by atoms with Gasteiger partial charge in [0.1, 0.15) is 11.9 Å². The predicted octanol–water partition coefficient (Wildman–Crippen LogP) is 2.07. The highest BCUT2D eigenvalue weighted by Gasteiger charge is 2.20. The number of carbonyl (C=O) groups excluding carboxylic acids is 1. The van der Waals surface area contributed by atoms with E-state index >= 15 is 0 Å². The smallest absolute Gasteiger partial charge is 0.229 e. The van der Waals surface area contributed by atoms with E-state index in [1.54, 1.807) is 13.0 Å². The Bertz CT molecular complexity index is 821. The van der Waals surface area contributed by atoms with Gasteiger partial charge in [0.15, 0.2) is 0 Å². The van der Waals surface area contributed by atoms with Crippen LogP contribution >= 0.6 is 0 Å². The number of hydrogen-bond acceptors (Lipinski definition) is 6. The summed E-state index contributed by atoms with van der Waals surface area (Å²) in [6.45, 7) is 6.38. The Labute approximate surface area is 146 Å². The van der Waals surface area contributed by atoms with Gasteiger partial charge in [-0.15, -0.1) is 0 Å². The van der Waals surface area contributed by atoms with Gasteiger partial charge in [-0.05, 0) is 19.1 Å². The minimum Gasteiger partial charge on any atom is -0.353 e. The summed E-state index contributed by atoms with van der Waals surface area (Å²) in [5.74, 6) is 1.40. The van der Waals surface area contributed by atoms with Crippen LogP contribution in [0.1, 0.15) is 18.2 Å². The van der Waals surface area contributed by atoms with Crippen molar-refractivity contribution in [3.63, 3.8) is 0 Å². The lowest BCUT2D eigenvalue weighted by Crippen LogP contribution is -2.48. The van der Waals surface area contributed by atoms with Crippen LogP contribution in [-0.4, -0.2) is 47.0 Å². The second-order valence-electron chi connectivity index (χ2n) is 5.97. The van der Waals surface area contributed by atoms with Crippen molar-refractivity contribution in [1.82, 2.24) is 14.9 Å². The first kappa shape index (κ1) is 16.7. The highest BCUT2D eigenvalue weighted by atomic mass is 16.2. The van der Waals surface area contributed by atoms with Crippen LogP contribution in [0.25, 0.3) is 0 Å². The van der Waals surface area contributed by atoms with Crippen LogP contribution in [0.4, 0.5) is 17.5 Å². The van der Waals surface area contributed by atoms with Gasteiger partial charge in [-0.3, -0.25) is 4.79 Å². The van der Waals surface area contributed by atoms with Gasteiger partial charge in [0, 0.05) is 44.9 Å². The molecular formula is C18H20N6O. The number of carbonyl (C=O) groups is 1. The van der Waals surface area contributed by atoms with Crippen LogP contribution in [0.5, 0.6) is 0 Å². The van der Waals surface area contributed by atoms with E-state index in [0.717, 1.165) is 24.6 Å². The Morgan fingerprint density at radius 3 is 2.60 bits per heavy atom. The molecule has 1 aliphatic rings. The molecule has 0 unspecified atom stereocenters. The lowest BCUT2D eigenvalue weighted by Gasteiger charge is -2.35. The third-order valence-corrected chi connectivity index (χ3v) is 4.18. The highest BCUT2D eigenvalue weighted by Crippen LogP contribution is 2.21. The fourth-order valence-electron chi connectivity index (χ4n) is 2.83. The highest BCUT2D eigenvalue weighted by molar-refractivity contribution is 5.73. The van der Waals surface area contributed by atoms with Crippen molar-refractivity contribution in [3.05, 3.63) is 41.6 Å². The zero-order valence-electron chi connectivity index (χ0n) is 14.4. The maximum atomic E-state index is 11.5. The molecule has 1 amide bonds. The molecule has 128 valence electrons. The largest absolute Gasteiger partial charge is 0.353 e. The second kappa shape index (κ2) is 7.18. The second-order valence-corrected chi connectivity index (χ2v) is 5.97. The molecule has 25 heavy (non-hydrogen) atoms. The average molecular weight is 336 g/mol. The van der Waals surface area contributed by atoms with Gasteiger partial charge in [-0.2, -0.15) is 10.2 Å². The van der Waals surface area contributed by atoms with Crippen LogP contribution < -0.4 is 10.2 Å². The molecule has 1 aliphatic heterocycles. The number of anilines is 3. The number of nitrogens with one attached hydrogen (secondary N) is 1. The summed E-state index contributed by atoms with van der Waals surface area (Å²) in [6.07, 6.45) is 0. The van der Waals surface area contributed by atoms with E-state index in [1.807, 2.05) is 36.1 Å². The molecule has 0 atom stereocenters. The number of hydrogen-bond donors (Lipinski definition) is 1. The number of para-hydroxylation sites is 1. The van der Waals surface area contributed by atoms with Crippen molar-refractivity contribution in [2.75, 3.05) is 36.4 Å². The quantitative estimate of drug-likeness (QED) is 0.923. The molecule has 7 nitrogen and oxygen atoms in total. The van der Waals surface area contributed by atoms with E-state index in [0.29, 0.717) is 30.3 Å². The first-order valence-electron chi connectivity index (χ1n) is 8.19. The Kier molecular flexibility index (Phi) is 4.80. The number of benzene rings is 1. The Balaban J connectivity index is 1.80. The van der Waals surface area contributed by atoms with Crippen LogP contribution in [-0.2, 0) is 4.79 Å². The minimum absolute atomic E-state index is 0.106.